The van der Waals surface area contributed by atoms with Crippen LogP contribution in [0.3, 0.4) is 0 Å². The summed E-state index contributed by atoms with van der Waals surface area (Å²) in [6, 6.07) is 7.11. The fraction of sp³-hybridized carbons (Fsp3) is 0.471. The number of methoxy groups -OCH3 is 1. The lowest BCUT2D eigenvalue weighted by atomic mass is 10.1. The number of thioether (sulfide) groups is 1. The summed E-state index contributed by atoms with van der Waals surface area (Å²) in [4.78, 5) is 30.6. The number of nitrogens with zero attached hydrogens (tertiary/aromatic N) is 2. The van der Waals surface area contributed by atoms with Gasteiger partial charge in [-0.2, -0.15) is 4.99 Å². The molecule has 0 radical (unpaired) electrons. The molecule has 2 heterocycles. The monoisotopic (exact) mass is 347 g/mol. The van der Waals surface area contributed by atoms with Crippen LogP contribution in [0, 0.1) is 0 Å². The molecule has 24 heavy (non-hydrogen) atoms. The summed E-state index contributed by atoms with van der Waals surface area (Å²) in [5, 5.41) is 3.17. The molecule has 7 heteroatoms. The number of hydrogen-bond donors (Lipinski definition) is 1. The number of amides is 2. The van der Waals surface area contributed by atoms with Gasteiger partial charge < -0.3 is 15.0 Å². The molecule has 0 spiro atoms. The van der Waals surface area contributed by atoms with E-state index in [1.54, 1.807) is 31.4 Å². The molecule has 6 nitrogen and oxygen atoms in total. The van der Waals surface area contributed by atoms with Crippen LogP contribution >= 0.6 is 11.8 Å². The third-order valence-electron chi connectivity index (χ3n) is 4.10. The van der Waals surface area contributed by atoms with E-state index in [-0.39, 0.29) is 18.2 Å². The SMILES string of the molecule is COc1ccc(NC(=O)CC2SC(N3CCCCC3)=NC2=O)cc1. The van der Waals surface area contributed by atoms with E-state index < -0.39 is 5.25 Å². The minimum Gasteiger partial charge on any atom is -0.497 e. The molecule has 1 fully saturated rings. The van der Waals surface area contributed by atoms with Gasteiger partial charge in [-0.05, 0) is 43.5 Å². The molecule has 1 aromatic rings. The minimum absolute atomic E-state index is 0.135. The number of benzene rings is 1. The Kier molecular flexibility index (Phi) is 5.40. The fourth-order valence-electron chi connectivity index (χ4n) is 2.78. The molecule has 2 amide bonds. The second-order valence-corrected chi connectivity index (χ2v) is 7.04. The largest absolute Gasteiger partial charge is 0.497 e. The smallest absolute Gasteiger partial charge is 0.262 e. The van der Waals surface area contributed by atoms with E-state index in [0.717, 1.165) is 36.8 Å². The molecule has 1 saturated heterocycles. The Morgan fingerprint density at radius 1 is 1.29 bits per heavy atom. The van der Waals surface area contributed by atoms with Crippen molar-refractivity contribution in [3.05, 3.63) is 24.3 Å². The van der Waals surface area contributed by atoms with Gasteiger partial charge in [-0.3, -0.25) is 9.59 Å². The molecule has 3 rings (SSSR count). The van der Waals surface area contributed by atoms with E-state index in [1.807, 2.05) is 0 Å². The summed E-state index contributed by atoms with van der Waals surface area (Å²) in [7, 11) is 1.59. The highest BCUT2D eigenvalue weighted by Crippen LogP contribution is 2.29. The summed E-state index contributed by atoms with van der Waals surface area (Å²) in [6.45, 7) is 1.90. The van der Waals surface area contributed by atoms with Crippen LogP contribution in [0.5, 0.6) is 5.75 Å². The topological polar surface area (TPSA) is 71.0 Å². The molecule has 1 N–H and O–H groups in total. The molecule has 0 saturated carbocycles. The van der Waals surface area contributed by atoms with Crippen LogP contribution in [0.4, 0.5) is 5.69 Å². The van der Waals surface area contributed by atoms with E-state index in [4.69, 9.17) is 4.74 Å². The maximum absolute atomic E-state index is 12.2. The summed E-state index contributed by atoms with van der Waals surface area (Å²) in [5.74, 6) is 0.348. The van der Waals surface area contributed by atoms with Gasteiger partial charge in [-0.1, -0.05) is 11.8 Å². The fourth-order valence-corrected chi connectivity index (χ4v) is 3.90. The normalized spacial score (nSPS) is 20.7. The number of hydrogen-bond acceptors (Lipinski definition) is 5. The number of amidine groups is 1. The van der Waals surface area contributed by atoms with Gasteiger partial charge in [-0.25, -0.2) is 0 Å². The van der Waals surface area contributed by atoms with E-state index in [0.29, 0.717) is 5.69 Å². The van der Waals surface area contributed by atoms with Crippen molar-refractivity contribution < 1.29 is 14.3 Å². The van der Waals surface area contributed by atoms with Crippen LogP contribution in [0.1, 0.15) is 25.7 Å². The van der Waals surface area contributed by atoms with Gasteiger partial charge in [-0.15, -0.1) is 0 Å². The number of ether oxygens (including phenoxy) is 1. The van der Waals surface area contributed by atoms with Crippen LogP contribution in [0.25, 0.3) is 0 Å². The maximum Gasteiger partial charge on any atom is 0.262 e. The van der Waals surface area contributed by atoms with Gasteiger partial charge in [0.15, 0.2) is 5.17 Å². The summed E-state index contributed by atoms with van der Waals surface area (Å²) in [5.41, 5.74) is 0.688. The highest BCUT2D eigenvalue weighted by atomic mass is 32.2. The quantitative estimate of drug-likeness (QED) is 0.906. The van der Waals surface area contributed by atoms with Crippen molar-refractivity contribution >= 4 is 34.4 Å². The van der Waals surface area contributed by atoms with E-state index in [1.165, 1.54) is 18.2 Å². The molecular weight excluding hydrogens is 326 g/mol. The number of nitrogens with one attached hydrogen (secondary N) is 1. The first-order chi connectivity index (χ1) is 11.7. The highest BCUT2D eigenvalue weighted by Gasteiger charge is 2.33. The number of rotatable bonds is 4. The van der Waals surface area contributed by atoms with Gasteiger partial charge in [0.05, 0.1) is 7.11 Å². The Balaban J connectivity index is 1.52. The molecule has 2 aliphatic heterocycles. The predicted octanol–water partition coefficient (Wildman–Crippen LogP) is 2.51. The van der Waals surface area contributed by atoms with Crippen molar-refractivity contribution in [3.8, 4) is 5.75 Å². The Hall–Kier alpha value is -2.02. The third-order valence-corrected chi connectivity index (χ3v) is 5.31. The standard InChI is InChI=1S/C17H21N3O3S/c1-23-13-7-5-12(6-8-13)18-15(21)11-14-16(22)19-17(24-14)20-9-3-2-4-10-20/h5-8,14H,2-4,9-11H2,1H3,(H,18,21). The molecule has 2 aliphatic rings. The first-order valence-corrected chi connectivity index (χ1v) is 9.02. The second kappa shape index (κ2) is 7.70. The Labute approximate surface area is 145 Å². The first kappa shape index (κ1) is 16.8. The molecule has 1 unspecified atom stereocenters. The lowest BCUT2D eigenvalue weighted by Crippen LogP contribution is -2.33. The number of piperidine rings is 1. The van der Waals surface area contributed by atoms with Crippen molar-refractivity contribution in [1.82, 2.24) is 4.90 Å². The van der Waals surface area contributed by atoms with Crippen molar-refractivity contribution in [2.75, 3.05) is 25.5 Å². The number of carbonyl (C=O) groups excluding carboxylic acids is 2. The zero-order valence-corrected chi connectivity index (χ0v) is 14.5. The summed E-state index contributed by atoms with van der Waals surface area (Å²) in [6.07, 6.45) is 3.64. The van der Waals surface area contributed by atoms with Gasteiger partial charge in [0.1, 0.15) is 11.0 Å². The number of anilines is 1. The molecule has 128 valence electrons. The van der Waals surface area contributed by atoms with Crippen molar-refractivity contribution in [2.24, 2.45) is 4.99 Å². The zero-order chi connectivity index (χ0) is 16.9. The van der Waals surface area contributed by atoms with Crippen LogP contribution < -0.4 is 10.1 Å². The van der Waals surface area contributed by atoms with Crippen LogP contribution in [0.2, 0.25) is 0 Å². The molecular formula is C17H21N3O3S. The maximum atomic E-state index is 12.2. The molecule has 1 atom stereocenters. The third kappa shape index (κ3) is 4.08. The minimum atomic E-state index is -0.417. The highest BCUT2D eigenvalue weighted by molar-refractivity contribution is 8.15. The molecule has 0 bridgehead atoms. The zero-order valence-electron chi connectivity index (χ0n) is 13.7. The van der Waals surface area contributed by atoms with E-state index >= 15 is 0 Å². The average Bonchev–Trinajstić information content (AvgIpc) is 2.97. The number of carbonyl (C=O) groups is 2. The number of aliphatic imine (C=N–C) groups is 1. The molecule has 0 aliphatic carbocycles. The Bertz CT molecular complexity index is 639. The number of likely N-dealkylation sites (tertiary alicyclic amines) is 1. The summed E-state index contributed by atoms with van der Waals surface area (Å²) >= 11 is 1.42. The van der Waals surface area contributed by atoms with Crippen molar-refractivity contribution in [3.63, 3.8) is 0 Å². The lowest BCUT2D eigenvalue weighted by molar-refractivity contribution is -0.121. The second-order valence-electron chi connectivity index (χ2n) is 5.87. The van der Waals surface area contributed by atoms with Gasteiger partial charge in [0, 0.05) is 25.2 Å². The molecule has 1 aromatic carbocycles. The van der Waals surface area contributed by atoms with Crippen LogP contribution in [0.15, 0.2) is 29.3 Å². The average molecular weight is 347 g/mol. The van der Waals surface area contributed by atoms with Crippen LogP contribution in [-0.2, 0) is 9.59 Å². The summed E-state index contributed by atoms with van der Waals surface area (Å²) < 4.78 is 5.08. The lowest BCUT2D eigenvalue weighted by Gasteiger charge is -2.27. The predicted molar refractivity (Wildman–Crippen MR) is 95.5 cm³/mol. The Morgan fingerprint density at radius 2 is 2.00 bits per heavy atom. The van der Waals surface area contributed by atoms with Crippen LogP contribution in [-0.4, -0.2) is 47.3 Å². The Morgan fingerprint density at radius 3 is 2.67 bits per heavy atom. The molecule has 0 aromatic heterocycles. The van der Waals surface area contributed by atoms with Gasteiger partial charge in [0.25, 0.3) is 5.91 Å². The van der Waals surface area contributed by atoms with E-state index in [9.17, 15) is 9.59 Å². The first-order valence-electron chi connectivity index (χ1n) is 8.14. The van der Waals surface area contributed by atoms with E-state index in [2.05, 4.69) is 15.2 Å². The van der Waals surface area contributed by atoms with Crippen molar-refractivity contribution in [1.29, 1.82) is 0 Å². The van der Waals surface area contributed by atoms with Gasteiger partial charge in [0.2, 0.25) is 5.91 Å². The van der Waals surface area contributed by atoms with Crippen molar-refractivity contribution in [2.45, 2.75) is 30.9 Å². The van der Waals surface area contributed by atoms with Gasteiger partial charge >= 0.3 is 0 Å².